The summed E-state index contributed by atoms with van der Waals surface area (Å²) in [5.74, 6) is 0.961. The molecule has 0 aliphatic rings. The molecule has 1 aromatic carbocycles. The zero-order chi connectivity index (χ0) is 14.7. The minimum Gasteiger partial charge on any atom is -0.508 e. The Balaban J connectivity index is 2.11. The number of benzene rings is 1. The van der Waals surface area contributed by atoms with Crippen LogP contribution >= 0.6 is 11.3 Å². The summed E-state index contributed by atoms with van der Waals surface area (Å²) in [4.78, 5) is 7.42. The number of aryl methyl sites for hydroxylation is 1. The summed E-state index contributed by atoms with van der Waals surface area (Å²) >= 11 is 1.60. The number of anilines is 2. The number of thiazole rings is 1. The Morgan fingerprint density at radius 3 is 2.75 bits per heavy atom. The highest BCUT2D eigenvalue weighted by Gasteiger charge is 2.12. The van der Waals surface area contributed by atoms with Gasteiger partial charge < -0.3 is 20.1 Å². The van der Waals surface area contributed by atoms with Crippen LogP contribution in [0.5, 0.6) is 11.6 Å². The van der Waals surface area contributed by atoms with Gasteiger partial charge in [-0.2, -0.15) is 4.98 Å². The molecule has 1 aromatic heterocycles. The molecular formula is C14H19N3O2S. The number of hydrogen-bond donors (Lipinski definition) is 2. The fraction of sp³-hybridized carbons (Fsp3) is 0.357. The summed E-state index contributed by atoms with van der Waals surface area (Å²) in [6.45, 7) is 2.51. The smallest absolute Gasteiger partial charge is 0.231 e. The van der Waals surface area contributed by atoms with Crippen molar-refractivity contribution in [1.82, 2.24) is 4.98 Å². The number of aromatic nitrogens is 1. The van der Waals surface area contributed by atoms with E-state index in [-0.39, 0.29) is 0 Å². The molecule has 0 aliphatic carbocycles. The quantitative estimate of drug-likeness (QED) is 0.830. The van der Waals surface area contributed by atoms with E-state index >= 15 is 0 Å². The van der Waals surface area contributed by atoms with Crippen molar-refractivity contribution in [2.24, 2.45) is 0 Å². The second kappa shape index (κ2) is 6.00. The van der Waals surface area contributed by atoms with E-state index < -0.39 is 0 Å². The molecule has 5 nitrogen and oxygen atoms in total. The fourth-order valence-corrected chi connectivity index (χ4v) is 2.63. The van der Waals surface area contributed by atoms with Gasteiger partial charge in [0.25, 0.3) is 0 Å². The van der Waals surface area contributed by atoms with Crippen molar-refractivity contribution in [3.05, 3.63) is 28.6 Å². The molecule has 6 heteroatoms. The van der Waals surface area contributed by atoms with E-state index in [1.54, 1.807) is 24.5 Å². The number of rotatable bonds is 5. The molecule has 0 unspecified atom stereocenters. The van der Waals surface area contributed by atoms with E-state index in [4.69, 9.17) is 4.74 Å². The molecule has 2 rings (SSSR count). The van der Waals surface area contributed by atoms with E-state index in [0.717, 1.165) is 21.3 Å². The molecular weight excluding hydrogens is 274 g/mol. The monoisotopic (exact) mass is 293 g/mol. The van der Waals surface area contributed by atoms with Crippen LogP contribution in [0.1, 0.15) is 10.4 Å². The summed E-state index contributed by atoms with van der Waals surface area (Å²) in [7, 11) is 5.54. The number of nitrogens with one attached hydrogen (secondary N) is 1. The van der Waals surface area contributed by atoms with E-state index in [2.05, 4.69) is 10.3 Å². The highest BCUT2D eigenvalue weighted by Crippen LogP contribution is 2.31. The minimum absolute atomic E-state index is 0.306. The van der Waals surface area contributed by atoms with Crippen LogP contribution in [0, 0.1) is 6.92 Å². The molecule has 2 aromatic rings. The molecule has 0 amide bonds. The lowest BCUT2D eigenvalue weighted by molar-refractivity contribution is 0.397. The van der Waals surface area contributed by atoms with Gasteiger partial charge in [0.05, 0.1) is 18.5 Å². The average molecular weight is 293 g/mol. The summed E-state index contributed by atoms with van der Waals surface area (Å²) in [6.07, 6.45) is 0. The maximum Gasteiger partial charge on any atom is 0.231 e. The SMILES string of the molecule is COc1nc(N(C)C)sc1CNc1ccc(O)c(C)c1. The maximum absolute atomic E-state index is 9.51. The van der Waals surface area contributed by atoms with E-state index in [1.807, 2.05) is 38.1 Å². The first kappa shape index (κ1) is 14.5. The first-order chi connectivity index (χ1) is 9.51. The number of hydrogen-bond acceptors (Lipinski definition) is 6. The second-order valence-corrected chi connectivity index (χ2v) is 5.74. The molecule has 108 valence electrons. The van der Waals surface area contributed by atoms with Crippen molar-refractivity contribution >= 4 is 22.2 Å². The second-order valence-electron chi connectivity index (χ2n) is 4.68. The highest BCUT2D eigenvalue weighted by molar-refractivity contribution is 7.15. The first-order valence-electron chi connectivity index (χ1n) is 6.25. The zero-order valence-corrected chi connectivity index (χ0v) is 12.9. The fourth-order valence-electron chi connectivity index (χ4n) is 1.74. The highest BCUT2D eigenvalue weighted by atomic mass is 32.1. The van der Waals surface area contributed by atoms with Crippen molar-refractivity contribution < 1.29 is 9.84 Å². The summed E-state index contributed by atoms with van der Waals surface area (Å²) in [6, 6.07) is 5.45. The molecule has 0 aliphatic heterocycles. The summed E-state index contributed by atoms with van der Waals surface area (Å²) < 4.78 is 5.30. The van der Waals surface area contributed by atoms with Gasteiger partial charge in [0.1, 0.15) is 5.75 Å². The Hall–Kier alpha value is -1.95. The number of phenolic OH excluding ortho intramolecular Hbond substituents is 1. The molecule has 0 spiro atoms. The summed E-state index contributed by atoms with van der Waals surface area (Å²) in [5.41, 5.74) is 1.81. The molecule has 0 radical (unpaired) electrons. The zero-order valence-electron chi connectivity index (χ0n) is 12.1. The van der Waals surface area contributed by atoms with E-state index in [0.29, 0.717) is 18.2 Å². The normalized spacial score (nSPS) is 10.4. The number of phenols is 1. The van der Waals surface area contributed by atoms with Crippen LogP contribution in [0.25, 0.3) is 0 Å². The third-order valence-corrected chi connectivity index (χ3v) is 4.08. The van der Waals surface area contributed by atoms with Gasteiger partial charge in [0.15, 0.2) is 5.13 Å². The van der Waals surface area contributed by atoms with Gasteiger partial charge in [-0.05, 0) is 30.7 Å². The van der Waals surface area contributed by atoms with Crippen molar-refractivity contribution in [1.29, 1.82) is 0 Å². The number of ether oxygens (including phenoxy) is 1. The molecule has 0 atom stereocenters. The largest absolute Gasteiger partial charge is 0.508 e. The van der Waals surface area contributed by atoms with E-state index in [9.17, 15) is 5.11 Å². The van der Waals surface area contributed by atoms with Gasteiger partial charge in [-0.3, -0.25) is 0 Å². The first-order valence-corrected chi connectivity index (χ1v) is 7.07. The van der Waals surface area contributed by atoms with Gasteiger partial charge in [0.2, 0.25) is 5.88 Å². The molecule has 2 N–H and O–H groups in total. The Kier molecular flexibility index (Phi) is 4.34. The van der Waals surface area contributed by atoms with Crippen molar-refractivity contribution in [2.45, 2.75) is 13.5 Å². The van der Waals surface area contributed by atoms with Gasteiger partial charge in [-0.25, -0.2) is 0 Å². The topological polar surface area (TPSA) is 57.6 Å². The lowest BCUT2D eigenvalue weighted by Crippen LogP contribution is -2.07. The average Bonchev–Trinajstić information content (AvgIpc) is 2.83. The lowest BCUT2D eigenvalue weighted by Gasteiger charge is -2.07. The van der Waals surface area contributed by atoms with Crippen LogP contribution in [0.15, 0.2) is 18.2 Å². The third kappa shape index (κ3) is 3.14. The molecule has 0 saturated heterocycles. The van der Waals surface area contributed by atoms with Crippen LogP contribution in [-0.4, -0.2) is 31.3 Å². The minimum atomic E-state index is 0.306. The standard InChI is InChI=1S/C14H19N3O2S/c1-9-7-10(5-6-11(9)18)15-8-12-13(19-4)16-14(20-12)17(2)3/h5-7,15,18H,8H2,1-4H3. The number of nitrogens with zero attached hydrogens (tertiary/aromatic N) is 2. The van der Waals surface area contributed by atoms with Crippen molar-refractivity contribution in [2.75, 3.05) is 31.4 Å². The van der Waals surface area contributed by atoms with Crippen LogP contribution in [-0.2, 0) is 6.54 Å². The van der Waals surface area contributed by atoms with Crippen LogP contribution in [0.2, 0.25) is 0 Å². The van der Waals surface area contributed by atoms with Crippen LogP contribution < -0.4 is 15.0 Å². The molecule has 0 bridgehead atoms. The van der Waals surface area contributed by atoms with Crippen molar-refractivity contribution in [3.63, 3.8) is 0 Å². The predicted octanol–water partition coefficient (Wildman–Crippen LogP) is 2.84. The predicted molar refractivity (Wildman–Crippen MR) is 83.2 cm³/mol. The molecule has 0 saturated carbocycles. The Morgan fingerprint density at radius 2 is 2.15 bits per heavy atom. The number of methoxy groups -OCH3 is 1. The molecule has 1 heterocycles. The Labute approximate surface area is 122 Å². The molecule has 0 fully saturated rings. The van der Waals surface area contributed by atoms with Gasteiger partial charge in [-0.1, -0.05) is 11.3 Å². The van der Waals surface area contributed by atoms with Crippen LogP contribution in [0.3, 0.4) is 0 Å². The summed E-state index contributed by atoms with van der Waals surface area (Å²) in [5, 5.41) is 13.7. The van der Waals surface area contributed by atoms with E-state index in [1.165, 1.54) is 0 Å². The van der Waals surface area contributed by atoms with Gasteiger partial charge in [-0.15, -0.1) is 0 Å². The van der Waals surface area contributed by atoms with Gasteiger partial charge in [0, 0.05) is 19.8 Å². The Bertz CT molecular complexity index is 596. The van der Waals surface area contributed by atoms with Gasteiger partial charge >= 0.3 is 0 Å². The molecule has 20 heavy (non-hydrogen) atoms. The van der Waals surface area contributed by atoms with Crippen LogP contribution in [0.4, 0.5) is 10.8 Å². The number of aromatic hydroxyl groups is 1. The lowest BCUT2D eigenvalue weighted by atomic mass is 10.2. The third-order valence-electron chi connectivity index (χ3n) is 2.88. The maximum atomic E-state index is 9.51. The van der Waals surface area contributed by atoms with Crippen molar-refractivity contribution in [3.8, 4) is 11.6 Å². The Morgan fingerprint density at radius 1 is 1.40 bits per heavy atom.